The van der Waals surface area contributed by atoms with Gasteiger partial charge in [0.1, 0.15) is 17.4 Å². The van der Waals surface area contributed by atoms with Gasteiger partial charge in [-0.25, -0.2) is 8.78 Å². The van der Waals surface area contributed by atoms with Gasteiger partial charge in [0.15, 0.2) is 0 Å². The first kappa shape index (κ1) is 14.8. The molecule has 0 aliphatic heterocycles. The molecule has 0 amide bonds. The predicted octanol–water partition coefficient (Wildman–Crippen LogP) is 4.40. The predicted molar refractivity (Wildman–Crippen MR) is 70.4 cm³/mol. The zero-order chi connectivity index (χ0) is 13.0. The number of carbonyl (C=O) groups is 1. The van der Waals surface area contributed by atoms with Crippen molar-refractivity contribution in [2.75, 3.05) is 0 Å². The highest BCUT2D eigenvalue weighted by Crippen LogP contribution is 2.23. The summed E-state index contributed by atoms with van der Waals surface area (Å²) in [7, 11) is 0. The lowest BCUT2D eigenvalue weighted by Gasteiger charge is -2.10. The normalized spacial score (nSPS) is 12.5. The summed E-state index contributed by atoms with van der Waals surface area (Å²) in [5, 5.41) is 0. The van der Waals surface area contributed by atoms with Crippen LogP contribution in [0, 0.1) is 11.6 Å². The third kappa shape index (κ3) is 4.14. The highest BCUT2D eigenvalue weighted by Gasteiger charge is 2.17. The van der Waals surface area contributed by atoms with Crippen LogP contribution in [-0.2, 0) is 11.2 Å². The van der Waals surface area contributed by atoms with E-state index in [9.17, 15) is 13.6 Å². The quantitative estimate of drug-likeness (QED) is 0.555. The third-order valence-corrected chi connectivity index (χ3v) is 3.78. The molecule has 0 saturated carbocycles. The molecule has 0 saturated heterocycles. The maximum absolute atomic E-state index is 13.4. The topological polar surface area (TPSA) is 17.1 Å². The first-order chi connectivity index (χ1) is 7.95. The molecular formula is C12H12Br2F2O. The van der Waals surface area contributed by atoms with E-state index in [2.05, 4.69) is 31.9 Å². The van der Waals surface area contributed by atoms with Crippen LogP contribution >= 0.6 is 31.9 Å². The average Bonchev–Trinajstić information content (AvgIpc) is 2.26. The molecule has 5 heteroatoms. The fourth-order valence-corrected chi connectivity index (χ4v) is 2.40. The van der Waals surface area contributed by atoms with Gasteiger partial charge in [-0.3, -0.25) is 4.79 Å². The molecule has 1 atom stereocenters. The Balaban J connectivity index is 2.81. The van der Waals surface area contributed by atoms with Gasteiger partial charge in [0.05, 0.1) is 9.30 Å². The number of benzene rings is 1. The standard InChI is InChI=1S/C12H12Br2F2O/c1-2-3-12(17)9(14)5-7-4-8(13)11(16)6-10(7)15/h4,6,9H,2-3,5H2,1H3. The van der Waals surface area contributed by atoms with E-state index in [4.69, 9.17) is 0 Å². The van der Waals surface area contributed by atoms with Gasteiger partial charge in [-0.05, 0) is 40.4 Å². The molecule has 1 rings (SSSR count). The lowest BCUT2D eigenvalue weighted by atomic mass is 10.0. The fourth-order valence-electron chi connectivity index (χ4n) is 1.43. The van der Waals surface area contributed by atoms with Crippen LogP contribution in [-0.4, -0.2) is 10.6 Å². The van der Waals surface area contributed by atoms with Gasteiger partial charge in [0, 0.05) is 12.5 Å². The minimum Gasteiger partial charge on any atom is -0.298 e. The molecule has 1 unspecified atom stereocenters. The smallest absolute Gasteiger partial charge is 0.146 e. The van der Waals surface area contributed by atoms with Crippen molar-refractivity contribution in [3.05, 3.63) is 33.8 Å². The van der Waals surface area contributed by atoms with Crippen molar-refractivity contribution in [3.8, 4) is 0 Å². The molecule has 0 aromatic heterocycles. The van der Waals surface area contributed by atoms with Crippen LogP contribution in [0.3, 0.4) is 0 Å². The molecule has 0 spiro atoms. The SMILES string of the molecule is CCCC(=O)C(Br)Cc1cc(Br)c(F)cc1F. The molecule has 0 aliphatic rings. The maximum Gasteiger partial charge on any atom is 0.146 e. The molecule has 1 nitrogen and oxygen atoms in total. The number of halogens is 4. The van der Waals surface area contributed by atoms with Crippen LogP contribution in [0.4, 0.5) is 8.78 Å². The number of Topliss-reactive ketones (excluding diaryl/α,β-unsaturated/α-hetero) is 1. The Morgan fingerprint density at radius 3 is 2.59 bits per heavy atom. The zero-order valence-corrected chi connectivity index (χ0v) is 12.4. The molecule has 0 fully saturated rings. The van der Waals surface area contributed by atoms with Gasteiger partial charge >= 0.3 is 0 Å². The van der Waals surface area contributed by atoms with Gasteiger partial charge < -0.3 is 0 Å². The number of rotatable bonds is 5. The van der Waals surface area contributed by atoms with E-state index in [1.165, 1.54) is 6.07 Å². The van der Waals surface area contributed by atoms with Crippen LogP contribution in [0.15, 0.2) is 16.6 Å². The Labute approximate surface area is 116 Å². The second-order valence-corrected chi connectivity index (χ2v) is 5.71. The lowest BCUT2D eigenvalue weighted by molar-refractivity contribution is -0.118. The summed E-state index contributed by atoms with van der Waals surface area (Å²) in [4.78, 5) is 11.1. The molecule has 17 heavy (non-hydrogen) atoms. The molecule has 1 aromatic rings. The average molecular weight is 370 g/mol. The molecule has 0 radical (unpaired) electrons. The van der Waals surface area contributed by atoms with E-state index in [-0.39, 0.29) is 16.7 Å². The second kappa shape index (κ2) is 6.59. The van der Waals surface area contributed by atoms with Crippen LogP contribution in [0.2, 0.25) is 0 Å². The second-order valence-electron chi connectivity index (χ2n) is 3.75. The summed E-state index contributed by atoms with van der Waals surface area (Å²) >= 11 is 6.23. The van der Waals surface area contributed by atoms with E-state index < -0.39 is 16.5 Å². The van der Waals surface area contributed by atoms with Crippen molar-refractivity contribution < 1.29 is 13.6 Å². The fraction of sp³-hybridized carbons (Fsp3) is 0.417. The largest absolute Gasteiger partial charge is 0.298 e. The molecule has 0 heterocycles. The summed E-state index contributed by atoms with van der Waals surface area (Å²) in [5.41, 5.74) is 0.324. The maximum atomic E-state index is 13.4. The van der Waals surface area contributed by atoms with E-state index in [0.29, 0.717) is 12.0 Å². The molecule has 1 aromatic carbocycles. The summed E-state index contributed by atoms with van der Waals surface area (Å²) in [6.45, 7) is 1.91. The van der Waals surface area contributed by atoms with Crippen LogP contribution in [0.5, 0.6) is 0 Å². The summed E-state index contributed by atoms with van der Waals surface area (Å²) in [6.07, 6.45) is 1.44. The molecule has 0 bridgehead atoms. The molecule has 94 valence electrons. The van der Waals surface area contributed by atoms with E-state index in [1.807, 2.05) is 6.92 Å². The summed E-state index contributed by atoms with van der Waals surface area (Å²) in [6, 6.07) is 2.20. The van der Waals surface area contributed by atoms with E-state index in [0.717, 1.165) is 12.5 Å². The van der Waals surface area contributed by atoms with Crippen LogP contribution < -0.4 is 0 Å². The zero-order valence-electron chi connectivity index (χ0n) is 9.27. The number of alkyl halides is 1. The first-order valence-corrected chi connectivity index (χ1v) is 6.96. The van der Waals surface area contributed by atoms with Crippen LogP contribution in [0.25, 0.3) is 0 Å². The number of hydrogen-bond donors (Lipinski definition) is 0. The minimum absolute atomic E-state index is 0.0346. The Kier molecular flexibility index (Phi) is 5.73. The van der Waals surface area contributed by atoms with Crippen molar-refractivity contribution in [2.24, 2.45) is 0 Å². The highest BCUT2D eigenvalue weighted by molar-refractivity contribution is 9.10. The van der Waals surface area contributed by atoms with Crippen LogP contribution in [0.1, 0.15) is 25.3 Å². The van der Waals surface area contributed by atoms with Gasteiger partial charge in [0.25, 0.3) is 0 Å². The Hall–Kier alpha value is -0.290. The Bertz CT molecular complexity index is 421. The highest BCUT2D eigenvalue weighted by atomic mass is 79.9. The van der Waals surface area contributed by atoms with Crippen molar-refractivity contribution in [3.63, 3.8) is 0 Å². The first-order valence-electron chi connectivity index (χ1n) is 5.26. The van der Waals surface area contributed by atoms with E-state index in [1.54, 1.807) is 0 Å². The van der Waals surface area contributed by atoms with Crippen molar-refractivity contribution in [2.45, 2.75) is 31.0 Å². The molecule has 0 aliphatic carbocycles. The number of ketones is 1. The summed E-state index contributed by atoms with van der Waals surface area (Å²) < 4.78 is 26.7. The third-order valence-electron chi connectivity index (χ3n) is 2.33. The number of carbonyl (C=O) groups excluding carboxylic acids is 1. The monoisotopic (exact) mass is 368 g/mol. The molecule has 0 N–H and O–H groups in total. The van der Waals surface area contributed by atoms with Gasteiger partial charge in [-0.15, -0.1) is 0 Å². The Morgan fingerprint density at radius 1 is 1.35 bits per heavy atom. The lowest BCUT2D eigenvalue weighted by Crippen LogP contribution is -2.17. The summed E-state index contributed by atoms with van der Waals surface area (Å²) in [5.74, 6) is -1.23. The van der Waals surface area contributed by atoms with Gasteiger partial charge in [-0.1, -0.05) is 22.9 Å². The van der Waals surface area contributed by atoms with E-state index >= 15 is 0 Å². The van der Waals surface area contributed by atoms with Crippen molar-refractivity contribution >= 4 is 37.6 Å². The van der Waals surface area contributed by atoms with Gasteiger partial charge in [0.2, 0.25) is 0 Å². The van der Waals surface area contributed by atoms with Crippen molar-refractivity contribution in [1.82, 2.24) is 0 Å². The Morgan fingerprint density at radius 2 is 2.00 bits per heavy atom. The number of hydrogen-bond acceptors (Lipinski definition) is 1. The molecular weight excluding hydrogens is 358 g/mol. The van der Waals surface area contributed by atoms with Gasteiger partial charge in [-0.2, -0.15) is 0 Å². The van der Waals surface area contributed by atoms with Crippen molar-refractivity contribution in [1.29, 1.82) is 0 Å². The minimum atomic E-state index is -0.641.